The Hall–Kier alpha value is -6.45. The van der Waals surface area contributed by atoms with Crippen LogP contribution in [0.2, 0.25) is 0 Å². The van der Waals surface area contributed by atoms with Crippen LogP contribution in [0.15, 0.2) is 188 Å². The number of nitrogens with zero attached hydrogens (tertiary/aromatic N) is 3. The Bertz CT molecular complexity index is 2120. The molecule has 3 heteroatoms. The molecule has 2 heterocycles. The highest BCUT2D eigenvalue weighted by molar-refractivity contribution is 5.83. The SMILES string of the molecule is c1ccc(-c2ccc(-c3cc(-c4ccc(-c5ccccn5)cc4)cc(-c4cc(-c5ccccc5)nc(-c5ccccc5)n4)c3)cc2)cc1. The number of rotatable bonds is 7. The summed E-state index contributed by atoms with van der Waals surface area (Å²) in [5.74, 6) is 0.700. The molecule has 48 heavy (non-hydrogen) atoms. The van der Waals surface area contributed by atoms with Crippen molar-refractivity contribution >= 4 is 0 Å². The van der Waals surface area contributed by atoms with Gasteiger partial charge in [0, 0.05) is 28.5 Å². The molecule has 0 fully saturated rings. The zero-order chi connectivity index (χ0) is 32.1. The molecule has 0 unspecified atom stereocenters. The van der Waals surface area contributed by atoms with Gasteiger partial charge < -0.3 is 0 Å². The average Bonchev–Trinajstić information content (AvgIpc) is 3.19. The van der Waals surface area contributed by atoms with E-state index in [0.717, 1.165) is 61.6 Å². The third-order valence-corrected chi connectivity index (χ3v) is 8.56. The van der Waals surface area contributed by atoms with Gasteiger partial charge in [0.1, 0.15) is 0 Å². The molecule has 3 nitrogen and oxygen atoms in total. The first-order valence-electron chi connectivity index (χ1n) is 16.1. The minimum atomic E-state index is 0.700. The van der Waals surface area contributed by atoms with E-state index in [1.807, 2.05) is 66.9 Å². The van der Waals surface area contributed by atoms with Gasteiger partial charge >= 0.3 is 0 Å². The Morgan fingerprint density at radius 3 is 1.19 bits per heavy atom. The Kier molecular flexibility index (Phi) is 7.92. The van der Waals surface area contributed by atoms with E-state index in [9.17, 15) is 0 Å². The van der Waals surface area contributed by atoms with E-state index < -0.39 is 0 Å². The number of hydrogen-bond donors (Lipinski definition) is 0. The molecule has 8 rings (SSSR count). The van der Waals surface area contributed by atoms with Gasteiger partial charge in [-0.3, -0.25) is 4.98 Å². The molecular weight excluding hydrogens is 583 g/mol. The van der Waals surface area contributed by atoms with Gasteiger partial charge in [-0.05, 0) is 69.8 Å². The second kappa shape index (κ2) is 13.1. The minimum Gasteiger partial charge on any atom is -0.256 e. The van der Waals surface area contributed by atoms with Crippen molar-refractivity contribution in [3.8, 4) is 78.5 Å². The molecule has 226 valence electrons. The monoisotopic (exact) mass is 613 g/mol. The summed E-state index contributed by atoms with van der Waals surface area (Å²) < 4.78 is 0. The first kappa shape index (κ1) is 29.0. The summed E-state index contributed by atoms with van der Waals surface area (Å²) in [6.07, 6.45) is 1.83. The molecule has 0 N–H and O–H groups in total. The molecule has 0 atom stereocenters. The average molecular weight is 614 g/mol. The fourth-order valence-corrected chi connectivity index (χ4v) is 6.03. The highest BCUT2D eigenvalue weighted by Gasteiger charge is 2.14. The van der Waals surface area contributed by atoms with Crippen molar-refractivity contribution < 1.29 is 0 Å². The highest BCUT2D eigenvalue weighted by atomic mass is 14.9. The first-order valence-corrected chi connectivity index (χ1v) is 16.1. The lowest BCUT2D eigenvalue weighted by Gasteiger charge is -2.14. The summed E-state index contributed by atoms with van der Waals surface area (Å²) >= 11 is 0. The van der Waals surface area contributed by atoms with Gasteiger partial charge in [-0.15, -0.1) is 0 Å². The lowest BCUT2D eigenvalue weighted by molar-refractivity contribution is 1.18. The molecule has 0 spiro atoms. The molecule has 0 amide bonds. The van der Waals surface area contributed by atoms with E-state index in [-0.39, 0.29) is 0 Å². The van der Waals surface area contributed by atoms with Crippen molar-refractivity contribution in [1.29, 1.82) is 0 Å². The summed E-state index contributed by atoms with van der Waals surface area (Å²) in [5.41, 5.74) is 13.8. The molecule has 0 saturated heterocycles. The van der Waals surface area contributed by atoms with Gasteiger partial charge in [-0.25, -0.2) is 9.97 Å². The van der Waals surface area contributed by atoms with Crippen molar-refractivity contribution in [3.05, 3.63) is 188 Å². The van der Waals surface area contributed by atoms with Crippen LogP contribution in [0, 0.1) is 0 Å². The van der Waals surface area contributed by atoms with E-state index in [1.54, 1.807) is 0 Å². The van der Waals surface area contributed by atoms with E-state index in [2.05, 4.69) is 126 Å². The standard InChI is InChI=1S/C45H31N3/c1-4-12-32(13-5-1)33-19-21-34(22-20-33)39-28-40(35-23-25-37(26-24-35)42-18-10-11-27-46-42)30-41(29-39)44-31-43(36-14-6-2-7-15-36)47-45(48-44)38-16-8-3-9-17-38/h1-31H. The van der Waals surface area contributed by atoms with Crippen LogP contribution in [0.25, 0.3) is 78.5 Å². The van der Waals surface area contributed by atoms with Crippen LogP contribution in [-0.2, 0) is 0 Å². The van der Waals surface area contributed by atoms with Crippen LogP contribution in [0.5, 0.6) is 0 Å². The zero-order valence-corrected chi connectivity index (χ0v) is 26.2. The molecule has 8 aromatic rings. The van der Waals surface area contributed by atoms with Crippen molar-refractivity contribution in [2.45, 2.75) is 0 Å². The Labute approximate surface area is 280 Å². The van der Waals surface area contributed by atoms with E-state index in [0.29, 0.717) is 5.82 Å². The quantitative estimate of drug-likeness (QED) is 0.179. The lowest BCUT2D eigenvalue weighted by Crippen LogP contribution is -1.96. The van der Waals surface area contributed by atoms with Crippen LogP contribution in [0.3, 0.4) is 0 Å². The lowest BCUT2D eigenvalue weighted by atomic mass is 9.93. The molecule has 0 radical (unpaired) electrons. The molecule has 0 bridgehead atoms. The fraction of sp³-hybridized carbons (Fsp3) is 0. The van der Waals surface area contributed by atoms with Crippen LogP contribution in [0.1, 0.15) is 0 Å². The number of hydrogen-bond acceptors (Lipinski definition) is 3. The maximum Gasteiger partial charge on any atom is 0.160 e. The highest BCUT2D eigenvalue weighted by Crippen LogP contribution is 2.36. The van der Waals surface area contributed by atoms with Crippen molar-refractivity contribution in [1.82, 2.24) is 15.0 Å². The second-order valence-corrected chi connectivity index (χ2v) is 11.7. The predicted octanol–water partition coefficient (Wildman–Crippen LogP) is 11.5. The Morgan fingerprint density at radius 1 is 0.250 bits per heavy atom. The molecule has 0 saturated carbocycles. The predicted molar refractivity (Wildman–Crippen MR) is 198 cm³/mol. The molecule has 0 aliphatic carbocycles. The van der Waals surface area contributed by atoms with Gasteiger partial charge in [0.2, 0.25) is 0 Å². The fourth-order valence-electron chi connectivity index (χ4n) is 6.03. The normalized spacial score (nSPS) is 10.9. The summed E-state index contributed by atoms with van der Waals surface area (Å²) in [6.45, 7) is 0. The number of pyridine rings is 1. The first-order chi connectivity index (χ1) is 23.8. The third kappa shape index (κ3) is 6.18. The summed E-state index contributed by atoms with van der Waals surface area (Å²) in [5, 5.41) is 0. The molecule has 2 aromatic heterocycles. The largest absolute Gasteiger partial charge is 0.256 e. The number of benzene rings is 6. The second-order valence-electron chi connectivity index (χ2n) is 11.7. The van der Waals surface area contributed by atoms with Crippen molar-refractivity contribution in [3.63, 3.8) is 0 Å². The minimum absolute atomic E-state index is 0.700. The molecule has 0 aliphatic rings. The molecular formula is C45H31N3. The summed E-state index contributed by atoms with van der Waals surface area (Å²) in [4.78, 5) is 14.7. The van der Waals surface area contributed by atoms with Gasteiger partial charge in [-0.2, -0.15) is 0 Å². The van der Waals surface area contributed by atoms with Crippen LogP contribution in [-0.4, -0.2) is 15.0 Å². The van der Waals surface area contributed by atoms with Crippen molar-refractivity contribution in [2.75, 3.05) is 0 Å². The van der Waals surface area contributed by atoms with Gasteiger partial charge in [-0.1, -0.05) is 146 Å². The topological polar surface area (TPSA) is 38.7 Å². The zero-order valence-electron chi connectivity index (χ0n) is 26.2. The smallest absolute Gasteiger partial charge is 0.160 e. The van der Waals surface area contributed by atoms with Crippen LogP contribution < -0.4 is 0 Å². The van der Waals surface area contributed by atoms with E-state index in [1.165, 1.54) is 11.1 Å². The van der Waals surface area contributed by atoms with Gasteiger partial charge in [0.15, 0.2) is 5.82 Å². The Balaban J connectivity index is 1.28. The van der Waals surface area contributed by atoms with E-state index >= 15 is 0 Å². The van der Waals surface area contributed by atoms with E-state index in [4.69, 9.17) is 9.97 Å². The molecule has 6 aromatic carbocycles. The third-order valence-electron chi connectivity index (χ3n) is 8.56. The molecule has 0 aliphatic heterocycles. The van der Waals surface area contributed by atoms with Crippen LogP contribution in [0.4, 0.5) is 0 Å². The number of aromatic nitrogens is 3. The maximum atomic E-state index is 5.16. The van der Waals surface area contributed by atoms with Gasteiger partial charge in [0.25, 0.3) is 0 Å². The van der Waals surface area contributed by atoms with Gasteiger partial charge in [0.05, 0.1) is 17.1 Å². The summed E-state index contributed by atoms with van der Waals surface area (Å²) in [6, 6.07) is 63.3. The van der Waals surface area contributed by atoms with Crippen LogP contribution >= 0.6 is 0 Å². The Morgan fingerprint density at radius 2 is 0.646 bits per heavy atom. The van der Waals surface area contributed by atoms with Crippen molar-refractivity contribution in [2.24, 2.45) is 0 Å². The summed E-state index contributed by atoms with van der Waals surface area (Å²) in [7, 11) is 0. The maximum absolute atomic E-state index is 5.16.